The third-order valence-electron chi connectivity index (χ3n) is 3.84. The maximum Gasteiger partial charge on any atom is 0.320 e. The van der Waals surface area contributed by atoms with Gasteiger partial charge in [-0.1, -0.05) is 13.8 Å². The van der Waals surface area contributed by atoms with Gasteiger partial charge in [0.15, 0.2) is 0 Å². The molecule has 1 aliphatic carbocycles. The number of carbonyl (C=O) groups excluding carboxylic acids is 1. The van der Waals surface area contributed by atoms with E-state index in [2.05, 4.69) is 13.8 Å². The fourth-order valence-electron chi connectivity index (χ4n) is 2.36. The first-order chi connectivity index (χ1) is 9.82. The Balaban J connectivity index is 2.60. The van der Waals surface area contributed by atoms with Crippen LogP contribution in [0.1, 0.15) is 59.8 Å². The van der Waals surface area contributed by atoms with Crippen LogP contribution in [0.4, 0.5) is 4.79 Å². The Morgan fingerprint density at radius 1 is 1.14 bits per heavy atom. The lowest BCUT2D eigenvalue weighted by Gasteiger charge is -2.34. The first-order valence-corrected chi connectivity index (χ1v) is 8.12. The van der Waals surface area contributed by atoms with Crippen LogP contribution in [0.3, 0.4) is 0 Å². The largest absolute Gasteiger partial charge is 0.481 e. The summed E-state index contributed by atoms with van der Waals surface area (Å²) in [5.74, 6) is -0.219. The van der Waals surface area contributed by atoms with E-state index in [4.69, 9.17) is 5.11 Å². The van der Waals surface area contributed by atoms with E-state index in [9.17, 15) is 9.59 Å². The lowest BCUT2D eigenvalue weighted by atomic mass is 10.1. The summed E-state index contributed by atoms with van der Waals surface area (Å²) in [6.45, 7) is 9.65. The number of carboxylic acids is 1. The van der Waals surface area contributed by atoms with E-state index in [-0.39, 0.29) is 18.5 Å². The number of carboxylic acid groups (broad SMARTS) is 1. The Labute approximate surface area is 128 Å². The van der Waals surface area contributed by atoms with Crippen LogP contribution in [0.2, 0.25) is 0 Å². The highest BCUT2D eigenvalue weighted by atomic mass is 16.4. The molecule has 0 atom stereocenters. The summed E-state index contributed by atoms with van der Waals surface area (Å²) < 4.78 is 0. The molecule has 0 radical (unpaired) electrons. The van der Waals surface area contributed by atoms with E-state index in [0.29, 0.717) is 24.9 Å². The summed E-state index contributed by atoms with van der Waals surface area (Å²) in [5, 5.41) is 8.74. The highest BCUT2D eigenvalue weighted by Gasteiger charge is 2.35. The van der Waals surface area contributed by atoms with Gasteiger partial charge >= 0.3 is 12.0 Å². The van der Waals surface area contributed by atoms with Crippen LogP contribution in [-0.4, -0.2) is 52.1 Å². The van der Waals surface area contributed by atoms with Gasteiger partial charge in [-0.2, -0.15) is 0 Å². The van der Waals surface area contributed by atoms with Gasteiger partial charge in [-0.3, -0.25) is 4.79 Å². The molecule has 0 unspecified atom stereocenters. The lowest BCUT2D eigenvalue weighted by Crippen LogP contribution is -2.48. The lowest BCUT2D eigenvalue weighted by molar-refractivity contribution is -0.137. The average molecular weight is 298 g/mol. The second-order valence-corrected chi connectivity index (χ2v) is 6.67. The Morgan fingerprint density at radius 3 is 2.19 bits per heavy atom. The van der Waals surface area contributed by atoms with Crippen molar-refractivity contribution >= 4 is 12.0 Å². The molecule has 0 aliphatic heterocycles. The SMILES string of the molecule is CC(C)CCN(C(=O)N(CCCC(=O)O)C(C)C)C1CC1. The molecule has 0 aromatic carbocycles. The van der Waals surface area contributed by atoms with Crippen LogP contribution in [0.5, 0.6) is 0 Å². The molecule has 2 amide bonds. The van der Waals surface area contributed by atoms with Gasteiger partial charge in [0.2, 0.25) is 0 Å². The van der Waals surface area contributed by atoms with Gasteiger partial charge in [-0.15, -0.1) is 0 Å². The first kappa shape index (κ1) is 17.8. The molecular formula is C16H30N2O3. The number of hydrogen-bond donors (Lipinski definition) is 1. The van der Waals surface area contributed by atoms with Crippen molar-refractivity contribution in [3.63, 3.8) is 0 Å². The molecule has 1 aliphatic rings. The summed E-state index contributed by atoms with van der Waals surface area (Å²) in [6.07, 6.45) is 3.85. The van der Waals surface area contributed by atoms with Gasteiger partial charge in [0, 0.05) is 31.6 Å². The molecule has 0 bridgehead atoms. The van der Waals surface area contributed by atoms with E-state index in [0.717, 1.165) is 25.8 Å². The molecule has 0 saturated heterocycles. The zero-order valence-corrected chi connectivity index (χ0v) is 13.8. The van der Waals surface area contributed by atoms with E-state index in [1.165, 1.54) is 0 Å². The highest BCUT2D eigenvalue weighted by Crippen LogP contribution is 2.29. The van der Waals surface area contributed by atoms with Crippen LogP contribution in [0.15, 0.2) is 0 Å². The first-order valence-electron chi connectivity index (χ1n) is 8.12. The number of aliphatic carboxylic acids is 1. The zero-order chi connectivity index (χ0) is 16.0. The molecule has 21 heavy (non-hydrogen) atoms. The van der Waals surface area contributed by atoms with Crippen molar-refractivity contribution in [3.05, 3.63) is 0 Å². The minimum absolute atomic E-state index is 0.0820. The summed E-state index contributed by atoms with van der Waals surface area (Å²) in [7, 11) is 0. The molecule has 1 fully saturated rings. The molecule has 5 nitrogen and oxygen atoms in total. The number of rotatable bonds is 9. The van der Waals surface area contributed by atoms with Crippen molar-refractivity contribution in [2.45, 2.75) is 71.9 Å². The van der Waals surface area contributed by atoms with Gasteiger partial charge in [0.05, 0.1) is 0 Å². The van der Waals surface area contributed by atoms with Crippen LogP contribution >= 0.6 is 0 Å². The minimum atomic E-state index is -0.801. The average Bonchev–Trinajstić information content (AvgIpc) is 3.18. The maximum absolute atomic E-state index is 12.8. The Bertz CT molecular complexity index is 351. The predicted molar refractivity (Wildman–Crippen MR) is 83.3 cm³/mol. The molecule has 1 rings (SSSR count). The Hall–Kier alpha value is -1.26. The summed E-state index contributed by atoms with van der Waals surface area (Å²) in [6, 6.07) is 0.585. The quantitative estimate of drug-likeness (QED) is 0.711. The number of nitrogens with zero attached hydrogens (tertiary/aromatic N) is 2. The normalized spacial score (nSPS) is 14.6. The third kappa shape index (κ3) is 6.36. The summed E-state index contributed by atoms with van der Waals surface area (Å²) in [4.78, 5) is 27.2. The van der Waals surface area contributed by atoms with Gasteiger partial charge < -0.3 is 14.9 Å². The molecule has 1 saturated carbocycles. The van der Waals surface area contributed by atoms with Crippen molar-refractivity contribution in [1.82, 2.24) is 9.80 Å². The molecule has 0 aromatic rings. The Kier molecular flexibility index (Phi) is 6.99. The number of amides is 2. The van der Waals surface area contributed by atoms with Crippen LogP contribution in [-0.2, 0) is 4.79 Å². The molecular weight excluding hydrogens is 268 g/mol. The van der Waals surface area contributed by atoms with Gasteiger partial charge in [-0.25, -0.2) is 4.79 Å². The molecule has 0 heterocycles. The second kappa shape index (κ2) is 8.25. The van der Waals surface area contributed by atoms with E-state index < -0.39 is 5.97 Å². The monoisotopic (exact) mass is 298 g/mol. The van der Waals surface area contributed by atoms with Gasteiger partial charge in [-0.05, 0) is 45.4 Å². The zero-order valence-electron chi connectivity index (χ0n) is 13.8. The standard InChI is InChI=1S/C16H30N2O3/c1-12(2)9-11-18(14-7-8-14)16(21)17(13(3)4)10-5-6-15(19)20/h12-14H,5-11H2,1-4H3,(H,19,20). The molecule has 1 N–H and O–H groups in total. The number of hydrogen-bond acceptors (Lipinski definition) is 2. The maximum atomic E-state index is 12.8. The summed E-state index contributed by atoms with van der Waals surface area (Å²) >= 11 is 0. The van der Waals surface area contributed by atoms with Crippen LogP contribution in [0.25, 0.3) is 0 Å². The molecule has 0 spiro atoms. The van der Waals surface area contributed by atoms with E-state index >= 15 is 0 Å². The van der Waals surface area contributed by atoms with Gasteiger partial charge in [0.25, 0.3) is 0 Å². The van der Waals surface area contributed by atoms with Crippen LogP contribution in [0, 0.1) is 5.92 Å². The Morgan fingerprint density at radius 2 is 1.76 bits per heavy atom. The summed E-state index contributed by atoms with van der Waals surface area (Å²) in [5.41, 5.74) is 0. The molecule has 5 heteroatoms. The van der Waals surface area contributed by atoms with Crippen molar-refractivity contribution in [1.29, 1.82) is 0 Å². The highest BCUT2D eigenvalue weighted by molar-refractivity contribution is 5.75. The van der Waals surface area contributed by atoms with Gasteiger partial charge in [0.1, 0.15) is 0 Å². The molecule has 122 valence electrons. The minimum Gasteiger partial charge on any atom is -0.481 e. The predicted octanol–water partition coefficient (Wildman–Crippen LogP) is 3.19. The van der Waals surface area contributed by atoms with E-state index in [1.807, 2.05) is 23.6 Å². The van der Waals surface area contributed by atoms with Crippen molar-refractivity contribution < 1.29 is 14.7 Å². The third-order valence-corrected chi connectivity index (χ3v) is 3.84. The van der Waals surface area contributed by atoms with Crippen molar-refractivity contribution in [2.75, 3.05) is 13.1 Å². The van der Waals surface area contributed by atoms with Crippen molar-refractivity contribution in [3.8, 4) is 0 Å². The number of carbonyl (C=O) groups is 2. The topological polar surface area (TPSA) is 60.9 Å². The second-order valence-electron chi connectivity index (χ2n) is 6.67. The fraction of sp³-hybridized carbons (Fsp3) is 0.875. The van der Waals surface area contributed by atoms with E-state index in [1.54, 1.807) is 0 Å². The van der Waals surface area contributed by atoms with Crippen LogP contribution < -0.4 is 0 Å². The van der Waals surface area contributed by atoms with Crippen molar-refractivity contribution in [2.24, 2.45) is 5.92 Å². The smallest absolute Gasteiger partial charge is 0.320 e. The number of urea groups is 1. The molecule has 0 aromatic heterocycles. The fourth-order valence-corrected chi connectivity index (χ4v) is 2.36.